The predicted molar refractivity (Wildman–Crippen MR) is 119 cm³/mol. The van der Waals surface area contributed by atoms with Gasteiger partial charge in [-0.25, -0.2) is 0 Å². The molecule has 0 saturated carbocycles. The highest BCUT2D eigenvalue weighted by Gasteiger charge is 2.34. The van der Waals surface area contributed by atoms with Crippen LogP contribution in [-0.2, 0) is 15.2 Å². The van der Waals surface area contributed by atoms with E-state index < -0.39 is 15.7 Å². The van der Waals surface area contributed by atoms with Crippen LogP contribution < -0.4 is 0 Å². The Kier molecular flexibility index (Phi) is 8.05. The molecule has 0 heterocycles. The van der Waals surface area contributed by atoms with Crippen LogP contribution in [0.1, 0.15) is 23.5 Å². The molecule has 0 amide bonds. The summed E-state index contributed by atoms with van der Waals surface area (Å²) in [6, 6.07) is 21.0. The van der Waals surface area contributed by atoms with E-state index in [0.29, 0.717) is 12.4 Å². The van der Waals surface area contributed by atoms with E-state index in [9.17, 15) is 4.57 Å². The monoisotopic (exact) mass is 403 g/mol. The van der Waals surface area contributed by atoms with Gasteiger partial charge in [0.2, 0.25) is 7.37 Å². The first-order valence-electron chi connectivity index (χ1n) is 9.69. The second-order valence-corrected chi connectivity index (χ2v) is 15.8. The van der Waals surface area contributed by atoms with Crippen molar-refractivity contribution in [3.63, 3.8) is 0 Å². The first-order valence-corrected chi connectivity index (χ1v) is 15.1. The minimum absolute atomic E-state index is 0.230. The molecule has 0 bridgehead atoms. The molecule has 2 atom stereocenters. The third-order valence-corrected chi connectivity index (χ3v) is 9.85. The van der Waals surface area contributed by atoms with Gasteiger partial charge >= 0.3 is 0 Å². The second kappa shape index (κ2) is 9.84. The van der Waals surface area contributed by atoms with Crippen molar-refractivity contribution in [2.45, 2.75) is 38.4 Å². The highest BCUT2D eigenvalue weighted by Crippen LogP contribution is 2.53. The van der Waals surface area contributed by atoms with Crippen molar-refractivity contribution in [2.24, 2.45) is 0 Å². The molecule has 2 aromatic rings. The number of benzene rings is 2. The van der Waals surface area contributed by atoms with Crippen molar-refractivity contribution in [1.29, 1.82) is 0 Å². The van der Waals surface area contributed by atoms with Gasteiger partial charge in [0.1, 0.15) is 0 Å². The summed E-state index contributed by atoms with van der Waals surface area (Å²) in [5, 5.41) is 0. The van der Waals surface area contributed by atoms with Crippen molar-refractivity contribution in [1.82, 2.24) is 4.90 Å². The first-order chi connectivity index (χ1) is 12.7. The quantitative estimate of drug-likeness (QED) is 0.357. The Morgan fingerprint density at radius 1 is 0.963 bits per heavy atom. The number of hydrogen-bond acceptors (Lipinski definition) is 3. The molecule has 148 valence electrons. The lowest BCUT2D eigenvalue weighted by atomic mass is 9.94. The van der Waals surface area contributed by atoms with E-state index in [2.05, 4.69) is 68.2 Å². The number of rotatable bonds is 10. The van der Waals surface area contributed by atoms with Crippen LogP contribution in [-0.4, -0.2) is 39.8 Å². The Morgan fingerprint density at radius 3 is 2.04 bits per heavy atom. The molecule has 0 aliphatic rings. The van der Waals surface area contributed by atoms with Gasteiger partial charge in [0, 0.05) is 6.16 Å². The maximum Gasteiger partial charge on any atom is 0.207 e. The molecule has 0 radical (unpaired) electrons. The summed E-state index contributed by atoms with van der Waals surface area (Å²) in [5.41, 5.74) is 2.58. The van der Waals surface area contributed by atoms with Gasteiger partial charge in [-0.2, -0.15) is 0 Å². The van der Waals surface area contributed by atoms with Crippen LogP contribution in [0.3, 0.4) is 0 Å². The number of nitrogens with zero attached hydrogens (tertiary/aromatic N) is 1. The molecule has 3 nitrogen and oxygen atoms in total. The largest absolute Gasteiger partial charge is 0.369 e. The topological polar surface area (TPSA) is 29.5 Å². The van der Waals surface area contributed by atoms with Gasteiger partial charge in [-0.05, 0) is 63.6 Å². The third-order valence-electron chi connectivity index (χ3n) is 4.33. The molecular formula is C22H34NO2PSi. The van der Waals surface area contributed by atoms with Crippen LogP contribution in [0.2, 0.25) is 19.6 Å². The van der Waals surface area contributed by atoms with Gasteiger partial charge in [-0.1, -0.05) is 60.7 Å². The Morgan fingerprint density at radius 2 is 1.52 bits per heavy atom. The Hall–Kier alpha value is -1.19. The van der Waals surface area contributed by atoms with Gasteiger partial charge in [-0.3, -0.25) is 4.57 Å². The zero-order valence-electron chi connectivity index (χ0n) is 17.4. The molecule has 0 aliphatic carbocycles. The maximum absolute atomic E-state index is 13.8. The van der Waals surface area contributed by atoms with Gasteiger partial charge in [0.05, 0.1) is 6.29 Å². The molecule has 0 aliphatic heterocycles. The molecule has 27 heavy (non-hydrogen) atoms. The average Bonchev–Trinajstić information content (AvgIpc) is 2.58. The Labute approximate surface area is 166 Å². The molecule has 0 spiro atoms. The summed E-state index contributed by atoms with van der Waals surface area (Å²) in [4.78, 5) is 2.00. The minimum Gasteiger partial charge on any atom is -0.369 e. The average molecular weight is 404 g/mol. The fourth-order valence-corrected chi connectivity index (χ4v) is 10.0. The lowest BCUT2D eigenvalue weighted by Gasteiger charge is -2.31. The van der Waals surface area contributed by atoms with Gasteiger partial charge < -0.3 is 9.11 Å². The van der Waals surface area contributed by atoms with Gasteiger partial charge in [-0.15, -0.1) is 0 Å². The van der Waals surface area contributed by atoms with Crippen molar-refractivity contribution in [3.8, 4) is 0 Å². The molecule has 0 aromatic heterocycles. The molecular weight excluding hydrogens is 369 g/mol. The first kappa shape index (κ1) is 22.1. The van der Waals surface area contributed by atoms with E-state index in [0.717, 1.165) is 12.8 Å². The van der Waals surface area contributed by atoms with E-state index in [1.807, 2.05) is 31.1 Å². The van der Waals surface area contributed by atoms with Crippen molar-refractivity contribution < 1.29 is 8.78 Å². The zero-order chi connectivity index (χ0) is 19.9. The van der Waals surface area contributed by atoms with Gasteiger partial charge in [0.15, 0.2) is 8.32 Å². The molecule has 0 saturated heterocycles. The summed E-state index contributed by atoms with van der Waals surface area (Å²) < 4.78 is 20.1. The molecule has 5 heteroatoms. The maximum atomic E-state index is 13.8. The lowest BCUT2D eigenvalue weighted by Crippen LogP contribution is -2.29. The van der Waals surface area contributed by atoms with E-state index >= 15 is 0 Å². The zero-order valence-corrected chi connectivity index (χ0v) is 19.3. The Bertz CT molecular complexity index is 729. The van der Waals surface area contributed by atoms with Crippen molar-refractivity contribution >= 4 is 15.7 Å². The van der Waals surface area contributed by atoms with Crippen LogP contribution in [0.15, 0.2) is 60.7 Å². The number of hydrogen-bond donors (Lipinski definition) is 0. The summed E-state index contributed by atoms with van der Waals surface area (Å²) in [6.45, 7) is 6.37. The van der Waals surface area contributed by atoms with Gasteiger partial charge in [0.25, 0.3) is 0 Å². The van der Waals surface area contributed by atoms with E-state index in [1.54, 1.807) is 0 Å². The predicted octanol–water partition coefficient (Wildman–Crippen LogP) is 6.05. The molecule has 0 fully saturated rings. The number of aryl methyl sites for hydroxylation is 1. The van der Waals surface area contributed by atoms with Crippen LogP contribution in [0.5, 0.6) is 0 Å². The van der Waals surface area contributed by atoms with Crippen LogP contribution >= 0.6 is 7.37 Å². The fraction of sp³-hybridized carbons (Fsp3) is 0.455. The minimum atomic E-state index is -2.75. The van der Waals surface area contributed by atoms with E-state index in [4.69, 9.17) is 4.21 Å². The smallest absolute Gasteiger partial charge is 0.207 e. The van der Waals surface area contributed by atoms with E-state index in [1.165, 1.54) is 11.1 Å². The molecule has 2 rings (SSSR count). The fourth-order valence-electron chi connectivity index (χ4n) is 3.46. The highest BCUT2D eigenvalue weighted by molar-refractivity contribution is 7.60. The molecule has 0 N–H and O–H groups in total. The standard InChI is InChI=1S/C22H34NO2PSi/c1-23(2)19-26(24,25-27(3,4)5)18-22(21-14-10-7-11-15-21)17-16-20-12-8-6-9-13-20/h6-15,22H,16-19H2,1-5H3. The highest BCUT2D eigenvalue weighted by atomic mass is 31.2. The van der Waals surface area contributed by atoms with Crippen LogP contribution in [0, 0.1) is 0 Å². The molecule has 2 aromatic carbocycles. The summed E-state index contributed by atoms with van der Waals surface area (Å²) in [7, 11) is -0.708. The molecule has 2 unspecified atom stereocenters. The van der Waals surface area contributed by atoms with Crippen molar-refractivity contribution in [3.05, 3.63) is 71.8 Å². The normalized spacial score (nSPS) is 15.5. The van der Waals surface area contributed by atoms with E-state index in [-0.39, 0.29) is 5.92 Å². The second-order valence-electron chi connectivity index (χ2n) is 8.55. The summed E-state index contributed by atoms with van der Waals surface area (Å²) >= 11 is 0. The van der Waals surface area contributed by atoms with Crippen molar-refractivity contribution in [2.75, 3.05) is 26.5 Å². The van der Waals surface area contributed by atoms with Crippen LogP contribution in [0.25, 0.3) is 0 Å². The summed E-state index contributed by atoms with van der Waals surface area (Å²) in [6.07, 6.45) is 3.06. The van der Waals surface area contributed by atoms with Crippen LogP contribution in [0.4, 0.5) is 0 Å². The summed E-state index contributed by atoms with van der Waals surface area (Å²) in [5.74, 6) is 0.230. The SMILES string of the molecule is CN(C)CP(=O)(CC(CCc1ccccc1)c1ccccc1)O[Si](C)(C)C. The third kappa shape index (κ3) is 8.14. The lowest BCUT2D eigenvalue weighted by molar-refractivity contribution is 0.412. The Balaban J connectivity index is 2.23.